The summed E-state index contributed by atoms with van der Waals surface area (Å²) in [5.74, 6) is 1.07. The van der Waals surface area contributed by atoms with Crippen molar-refractivity contribution >= 4 is 27.7 Å². The fourth-order valence-electron chi connectivity index (χ4n) is 6.00. The lowest BCUT2D eigenvalue weighted by molar-refractivity contribution is -0.138. The first kappa shape index (κ1) is 30.0. The van der Waals surface area contributed by atoms with E-state index in [4.69, 9.17) is 4.98 Å². The number of carbonyl (C=O) groups is 1. The zero-order valence-electron chi connectivity index (χ0n) is 24.6. The highest BCUT2D eigenvalue weighted by Gasteiger charge is 2.36. The molecular weight excluding hydrogens is 639 g/mol. The van der Waals surface area contributed by atoms with Gasteiger partial charge in [0.2, 0.25) is 5.95 Å². The van der Waals surface area contributed by atoms with Crippen LogP contribution < -0.4 is 10.9 Å². The van der Waals surface area contributed by atoms with E-state index in [1.807, 2.05) is 32.0 Å². The number of hydrogen-bond acceptors (Lipinski definition) is 6. The lowest BCUT2D eigenvalue weighted by Gasteiger charge is -2.35. The van der Waals surface area contributed by atoms with Crippen molar-refractivity contribution in [3.05, 3.63) is 91.2 Å². The number of carbonyl (C=O) groups excluding carboxylic acids is 1. The minimum Gasteiger partial charge on any atom is -0.367 e. The molecule has 1 aliphatic carbocycles. The van der Waals surface area contributed by atoms with Crippen LogP contribution in [0.5, 0.6) is 0 Å². The van der Waals surface area contributed by atoms with Crippen LogP contribution in [0.1, 0.15) is 65.3 Å². The first-order valence-electron chi connectivity index (χ1n) is 14.4. The normalized spacial score (nSPS) is 19.8. The molecule has 1 N–H and O–H groups in total. The van der Waals surface area contributed by atoms with Gasteiger partial charge >= 0.3 is 6.18 Å². The number of aryl methyl sites for hydroxylation is 2. The number of rotatable bonds is 5. The standard InChI is InChI=1S/C31H31BrF3N7O2/c1-16-9-21(10-16)37-27-8-6-22(14-36-27)41-29(44)23-12-18(3)40(15-26(23)38-30(41)42-19(4)11-17(2)39-42)28(43)20-5-7-25(32)24(13-20)31(33,34)35/h5-8,11,13-14,16,18,21H,9-10,12,15H2,1-4H3,(H,36,37)/t16-,18-,21-/m1/s1. The number of anilines is 1. The first-order valence-corrected chi connectivity index (χ1v) is 15.2. The van der Waals surface area contributed by atoms with E-state index < -0.39 is 23.7 Å². The third-order valence-corrected chi connectivity index (χ3v) is 9.00. The molecule has 1 aromatic carbocycles. The minimum atomic E-state index is -4.63. The second kappa shape index (κ2) is 11.2. The van der Waals surface area contributed by atoms with Crippen molar-refractivity contribution in [3.8, 4) is 11.6 Å². The predicted molar refractivity (Wildman–Crippen MR) is 162 cm³/mol. The molecule has 230 valence electrons. The largest absolute Gasteiger partial charge is 0.417 e. The number of aromatic nitrogens is 5. The Hall–Kier alpha value is -4.00. The molecule has 1 atom stereocenters. The van der Waals surface area contributed by atoms with Crippen molar-refractivity contribution in [1.29, 1.82) is 0 Å². The van der Waals surface area contributed by atoms with Crippen LogP contribution in [0.4, 0.5) is 19.0 Å². The van der Waals surface area contributed by atoms with Crippen molar-refractivity contribution in [1.82, 2.24) is 29.2 Å². The Kier molecular flexibility index (Phi) is 7.63. The summed E-state index contributed by atoms with van der Waals surface area (Å²) in [5, 5.41) is 7.99. The Morgan fingerprint density at radius 1 is 1.09 bits per heavy atom. The monoisotopic (exact) mass is 669 g/mol. The fourth-order valence-corrected chi connectivity index (χ4v) is 6.47. The Morgan fingerprint density at radius 3 is 2.45 bits per heavy atom. The first-order chi connectivity index (χ1) is 20.8. The quantitative estimate of drug-likeness (QED) is 0.280. The SMILES string of the molecule is Cc1cc(C)n(-c2nc3c(c(=O)n2-c2ccc(N[C@H]4C[C@H](C)C4)nc2)C[C@@H](C)N(C(=O)c2ccc(Br)c(C(F)(F)F)c2)C3)n1. The average molecular weight is 671 g/mol. The number of pyridine rings is 1. The topological polar surface area (TPSA) is 97.9 Å². The van der Waals surface area contributed by atoms with Gasteiger partial charge in [-0.2, -0.15) is 18.3 Å². The van der Waals surface area contributed by atoms with E-state index in [-0.39, 0.29) is 34.5 Å². The molecule has 44 heavy (non-hydrogen) atoms. The molecule has 0 radical (unpaired) electrons. The van der Waals surface area contributed by atoms with Gasteiger partial charge in [-0.25, -0.2) is 19.2 Å². The zero-order valence-corrected chi connectivity index (χ0v) is 26.2. The molecule has 0 bridgehead atoms. The number of benzene rings is 1. The Bertz CT molecular complexity index is 1810. The van der Waals surface area contributed by atoms with Crippen molar-refractivity contribution in [3.63, 3.8) is 0 Å². The van der Waals surface area contributed by atoms with Gasteiger partial charge in [-0.15, -0.1) is 0 Å². The Morgan fingerprint density at radius 2 is 1.84 bits per heavy atom. The maximum atomic E-state index is 14.2. The molecule has 0 spiro atoms. The number of alkyl halides is 3. The van der Waals surface area contributed by atoms with Crippen LogP contribution in [-0.2, 0) is 19.1 Å². The highest BCUT2D eigenvalue weighted by atomic mass is 79.9. The summed E-state index contributed by atoms with van der Waals surface area (Å²) in [6.45, 7) is 7.63. The third kappa shape index (κ3) is 5.53. The van der Waals surface area contributed by atoms with Crippen LogP contribution in [0.25, 0.3) is 11.6 Å². The van der Waals surface area contributed by atoms with Crippen molar-refractivity contribution < 1.29 is 18.0 Å². The predicted octanol–water partition coefficient (Wildman–Crippen LogP) is 6.01. The van der Waals surface area contributed by atoms with Crippen LogP contribution in [0, 0.1) is 19.8 Å². The zero-order chi connectivity index (χ0) is 31.5. The average Bonchev–Trinajstić information content (AvgIpc) is 3.29. The minimum absolute atomic E-state index is 0.0456. The second-order valence-corrected chi connectivity index (χ2v) is 12.7. The smallest absolute Gasteiger partial charge is 0.367 e. The maximum Gasteiger partial charge on any atom is 0.417 e. The highest BCUT2D eigenvalue weighted by Crippen LogP contribution is 2.36. The molecule has 4 aromatic rings. The Balaban J connectivity index is 1.39. The van der Waals surface area contributed by atoms with Crippen LogP contribution >= 0.6 is 15.9 Å². The highest BCUT2D eigenvalue weighted by molar-refractivity contribution is 9.10. The van der Waals surface area contributed by atoms with Crippen molar-refractivity contribution in [2.45, 2.75) is 71.8 Å². The van der Waals surface area contributed by atoms with Gasteiger partial charge in [-0.1, -0.05) is 22.9 Å². The summed E-state index contributed by atoms with van der Waals surface area (Å²) in [6, 6.07) is 8.85. The lowest BCUT2D eigenvalue weighted by atomic mass is 9.82. The van der Waals surface area contributed by atoms with Gasteiger partial charge in [0.15, 0.2) is 0 Å². The lowest BCUT2D eigenvalue weighted by Crippen LogP contribution is -2.46. The van der Waals surface area contributed by atoms with E-state index in [9.17, 15) is 22.8 Å². The van der Waals surface area contributed by atoms with E-state index in [1.165, 1.54) is 21.6 Å². The summed E-state index contributed by atoms with van der Waals surface area (Å²) >= 11 is 2.93. The van der Waals surface area contributed by atoms with E-state index in [2.05, 4.69) is 38.3 Å². The number of nitrogens with zero attached hydrogens (tertiary/aromatic N) is 6. The molecule has 1 fully saturated rings. The molecule has 1 amide bonds. The number of hydrogen-bond donors (Lipinski definition) is 1. The van der Waals surface area contributed by atoms with Gasteiger partial charge in [-0.05, 0) is 82.3 Å². The summed E-state index contributed by atoms with van der Waals surface area (Å²) in [6.07, 6.45) is -0.649. The number of fused-ring (bicyclic) bond motifs is 1. The number of amides is 1. The van der Waals surface area contributed by atoms with E-state index in [0.29, 0.717) is 28.9 Å². The van der Waals surface area contributed by atoms with Gasteiger partial charge in [0.25, 0.3) is 11.5 Å². The van der Waals surface area contributed by atoms with Gasteiger partial charge in [0, 0.05) is 33.4 Å². The Labute approximate surface area is 260 Å². The van der Waals surface area contributed by atoms with Crippen LogP contribution in [0.15, 0.2) is 51.9 Å². The molecule has 4 heterocycles. The van der Waals surface area contributed by atoms with Crippen molar-refractivity contribution in [2.24, 2.45) is 5.92 Å². The molecule has 6 rings (SSSR count). The maximum absolute atomic E-state index is 14.2. The molecule has 0 unspecified atom stereocenters. The number of halogens is 4. The molecule has 0 saturated heterocycles. The molecule has 3 aromatic heterocycles. The molecule has 1 saturated carbocycles. The third-order valence-electron chi connectivity index (χ3n) is 8.31. The van der Waals surface area contributed by atoms with E-state index in [0.717, 1.165) is 36.1 Å². The second-order valence-electron chi connectivity index (χ2n) is 11.8. The van der Waals surface area contributed by atoms with Crippen LogP contribution in [0.2, 0.25) is 0 Å². The van der Waals surface area contributed by atoms with Gasteiger partial charge < -0.3 is 10.2 Å². The van der Waals surface area contributed by atoms with E-state index >= 15 is 0 Å². The van der Waals surface area contributed by atoms with Gasteiger partial charge in [-0.3, -0.25) is 9.59 Å². The van der Waals surface area contributed by atoms with Crippen LogP contribution in [-0.4, -0.2) is 47.2 Å². The molecule has 13 heteroatoms. The number of nitrogens with one attached hydrogen (secondary N) is 1. The van der Waals surface area contributed by atoms with Crippen LogP contribution in [0.3, 0.4) is 0 Å². The summed E-state index contributed by atoms with van der Waals surface area (Å²) in [5.41, 5.74) is 1.46. The summed E-state index contributed by atoms with van der Waals surface area (Å²) in [7, 11) is 0. The van der Waals surface area contributed by atoms with Gasteiger partial charge in [0.05, 0.1) is 35.4 Å². The summed E-state index contributed by atoms with van der Waals surface area (Å²) < 4.78 is 43.6. The van der Waals surface area contributed by atoms with Gasteiger partial charge in [0.1, 0.15) is 5.82 Å². The fraction of sp³-hybridized carbons (Fsp3) is 0.387. The molecule has 1 aliphatic heterocycles. The molecule has 9 nitrogen and oxygen atoms in total. The summed E-state index contributed by atoms with van der Waals surface area (Å²) in [4.78, 5) is 38.6. The van der Waals surface area contributed by atoms with E-state index in [1.54, 1.807) is 17.8 Å². The molecular formula is C31H31BrF3N7O2. The molecule has 2 aliphatic rings. The van der Waals surface area contributed by atoms with Crippen molar-refractivity contribution in [2.75, 3.05) is 5.32 Å².